The van der Waals surface area contributed by atoms with Crippen LogP contribution in [0.3, 0.4) is 0 Å². The molecule has 0 bridgehead atoms. The molecule has 0 saturated carbocycles. The van der Waals surface area contributed by atoms with Crippen LogP contribution in [0.15, 0.2) is 0 Å². The van der Waals surface area contributed by atoms with Gasteiger partial charge in [-0.3, -0.25) is 37.3 Å². The highest BCUT2D eigenvalue weighted by Crippen LogP contribution is 2.45. The second-order valence-corrected chi connectivity index (χ2v) is 31.3. The van der Waals surface area contributed by atoms with Gasteiger partial charge < -0.3 is 33.8 Å². The van der Waals surface area contributed by atoms with Crippen molar-refractivity contribution in [3.63, 3.8) is 0 Å². The molecule has 0 aromatic heterocycles. The van der Waals surface area contributed by atoms with Gasteiger partial charge in [-0.15, -0.1) is 0 Å². The Bertz CT molecular complexity index is 1840. The van der Waals surface area contributed by atoms with Gasteiger partial charge in [0, 0.05) is 25.7 Å². The topological polar surface area (TPSA) is 237 Å². The molecule has 0 spiro atoms. The molecule has 0 aliphatic rings. The standard InChI is InChI=1S/C76H148O17P2/c1-7-9-11-13-15-17-18-19-25-31-36-42-48-54-60-75(80)92-71(64-86-73(78)58-52-46-40-16-14-12-10-8-2)66-90-94(82,83)88-62-70(77)63-89-95(84,85)91-67-72(65-87-74(79)59-53-47-41-35-30-27-22-24-29-34-39-45-51-57-69(5)6)93-76(81)61-55-49-43-37-32-26-21-20-23-28-33-38-44-50-56-68(3)4/h68-72,77H,7-67H2,1-6H3,(H,82,83)(H,84,85)/t70-,71+,72+/m0/s1. The first-order valence-corrected chi connectivity index (χ1v) is 42.5. The van der Waals surface area contributed by atoms with Crippen molar-refractivity contribution in [3.05, 3.63) is 0 Å². The van der Waals surface area contributed by atoms with Crippen LogP contribution in [0, 0.1) is 11.8 Å². The fourth-order valence-corrected chi connectivity index (χ4v) is 13.2. The number of carbonyl (C=O) groups is 4. The monoisotopic (exact) mass is 1400 g/mol. The van der Waals surface area contributed by atoms with E-state index in [4.69, 9.17) is 37.0 Å². The summed E-state index contributed by atoms with van der Waals surface area (Å²) in [6, 6.07) is 0. The highest BCUT2D eigenvalue weighted by atomic mass is 31.2. The van der Waals surface area contributed by atoms with Crippen molar-refractivity contribution >= 4 is 39.5 Å². The quantitative estimate of drug-likeness (QED) is 0.0222. The molecule has 0 amide bonds. The number of aliphatic hydroxyl groups is 1. The van der Waals surface area contributed by atoms with Gasteiger partial charge in [0.05, 0.1) is 26.4 Å². The smallest absolute Gasteiger partial charge is 0.462 e. The number of aliphatic hydroxyl groups excluding tert-OH is 1. The maximum absolute atomic E-state index is 13.1. The Balaban J connectivity index is 5.22. The summed E-state index contributed by atoms with van der Waals surface area (Å²) in [5.41, 5.74) is 0. The van der Waals surface area contributed by atoms with Crippen LogP contribution in [0.2, 0.25) is 0 Å². The Morgan fingerprint density at radius 1 is 0.284 bits per heavy atom. The van der Waals surface area contributed by atoms with Crippen molar-refractivity contribution in [2.45, 2.75) is 413 Å². The molecule has 0 rings (SSSR count). The molecule has 95 heavy (non-hydrogen) atoms. The summed E-state index contributed by atoms with van der Waals surface area (Å²) >= 11 is 0. The molecular formula is C76H148O17P2. The zero-order valence-electron chi connectivity index (χ0n) is 62.0. The van der Waals surface area contributed by atoms with Gasteiger partial charge in [-0.1, -0.05) is 343 Å². The largest absolute Gasteiger partial charge is 0.472 e. The molecule has 0 aromatic carbocycles. The van der Waals surface area contributed by atoms with E-state index < -0.39 is 97.5 Å². The van der Waals surface area contributed by atoms with E-state index in [1.165, 1.54) is 205 Å². The van der Waals surface area contributed by atoms with Gasteiger partial charge in [-0.2, -0.15) is 0 Å². The summed E-state index contributed by atoms with van der Waals surface area (Å²) < 4.78 is 68.5. The van der Waals surface area contributed by atoms with Crippen LogP contribution >= 0.6 is 15.6 Å². The number of hydrogen-bond acceptors (Lipinski definition) is 15. The fraction of sp³-hybridized carbons (Fsp3) is 0.947. The molecule has 0 fully saturated rings. The number of carbonyl (C=O) groups excluding carboxylic acids is 4. The summed E-state index contributed by atoms with van der Waals surface area (Å²) in [6.45, 7) is 9.62. The van der Waals surface area contributed by atoms with Crippen molar-refractivity contribution in [1.29, 1.82) is 0 Å². The third-order valence-corrected chi connectivity index (χ3v) is 19.6. The maximum atomic E-state index is 13.1. The van der Waals surface area contributed by atoms with E-state index in [1.807, 2.05) is 0 Å². The van der Waals surface area contributed by atoms with Crippen LogP contribution < -0.4 is 0 Å². The van der Waals surface area contributed by atoms with Crippen LogP contribution in [0.5, 0.6) is 0 Å². The fourth-order valence-electron chi connectivity index (χ4n) is 11.7. The number of rotatable bonds is 75. The van der Waals surface area contributed by atoms with E-state index in [-0.39, 0.29) is 25.7 Å². The predicted octanol–water partition coefficient (Wildman–Crippen LogP) is 22.3. The van der Waals surface area contributed by atoms with Crippen LogP contribution in [0.25, 0.3) is 0 Å². The normalized spacial score (nSPS) is 14.0. The summed E-state index contributed by atoms with van der Waals surface area (Å²) in [6.07, 6.45) is 55.4. The van der Waals surface area contributed by atoms with Crippen molar-refractivity contribution in [2.75, 3.05) is 39.6 Å². The highest BCUT2D eigenvalue weighted by Gasteiger charge is 2.30. The van der Waals surface area contributed by atoms with E-state index in [0.29, 0.717) is 25.7 Å². The number of phosphoric acid groups is 2. The number of hydrogen-bond donors (Lipinski definition) is 3. The van der Waals surface area contributed by atoms with Crippen LogP contribution in [-0.2, 0) is 65.4 Å². The lowest BCUT2D eigenvalue weighted by Gasteiger charge is -2.21. The summed E-state index contributed by atoms with van der Waals surface area (Å²) in [4.78, 5) is 72.7. The molecule has 0 saturated heterocycles. The van der Waals surface area contributed by atoms with Crippen LogP contribution in [0.4, 0.5) is 0 Å². The second-order valence-electron chi connectivity index (χ2n) is 28.3. The Labute approximate surface area is 581 Å². The van der Waals surface area contributed by atoms with Crippen LogP contribution in [-0.4, -0.2) is 96.7 Å². The summed E-state index contributed by atoms with van der Waals surface area (Å²) in [5, 5.41) is 10.6. The minimum Gasteiger partial charge on any atom is -0.462 e. The Morgan fingerprint density at radius 3 is 0.716 bits per heavy atom. The van der Waals surface area contributed by atoms with E-state index in [9.17, 15) is 43.2 Å². The van der Waals surface area contributed by atoms with E-state index >= 15 is 0 Å². The van der Waals surface area contributed by atoms with E-state index in [0.717, 1.165) is 108 Å². The highest BCUT2D eigenvalue weighted by molar-refractivity contribution is 7.47. The molecule has 5 atom stereocenters. The first-order valence-electron chi connectivity index (χ1n) is 39.5. The molecule has 3 N–H and O–H groups in total. The molecule has 0 aromatic rings. The lowest BCUT2D eigenvalue weighted by atomic mass is 10.0. The molecule has 0 aliphatic heterocycles. The minimum atomic E-state index is -4.96. The van der Waals surface area contributed by atoms with Gasteiger partial charge in [0.15, 0.2) is 12.2 Å². The molecular weight excluding hydrogens is 1250 g/mol. The van der Waals surface area contributed by atoms with Gasteiger partial charge in [0.25, 0.3) is 0 Å². The number of phosphoric ester groups is 2. The molecule has 19 heteroatoms. The summed E-state index contributed by atoms with van der Waals surface area (Å²) in [7, 11) is -9.91. The first kappa shape index (κ1) is 93.1. The van der Waals surface area contributed by atoms with Gasteiger partial charge in [-0.05, 0) is 37.5 Å². The van der Waals surface area contributed by atoms with Crippen molar-refractivity contribution < 1.29 is 80.2 Å². The van der Waals surface area contributed by atoms with E-state index in [2.05, 4.69) is 41.5 Å². The lowest BCUT2D eigenvalue weighted by molar-refractivity contribution is -0.161. The maximum Gasteiger partial charge on any atom is 0.472 e. The SMILES string of the molecule is CCCCCCCCCCCCCCCCC(=O)O[C@H](COC(=O)CCCCCCCCCC)COP(=O)(O)OC[C@H](O)COP(=O)(O)OC[C@@H](COC(=O)CCCCCCCCCCCCCCCC(C)C)OC(=O)CCCCCCCCCCCCCCCCC(C)C. The van der Waals surface area contributed by atoms with Crippen molar-refractivity contribution in [1.82, 2.24) is 0 Å². The second kappa shape index (κ2) is 67.9. The average Bonchev–Trinajstić information content (AvgIpc) is 1.57. The molecule has 17 nitrogen and oxygen atoms in total. The first-order chi connectivity index (χ1) is 45.9. The van der Waals surface area contributed by atoms with Gasteiger partial charge in [0.2, 0.25) is 0 Å². The molecule has 0 aliphatic carbocycles. The third kappa shape index (κ3) is 70.3. The number of esters is 4. The third-order valence-electron chi connectivity index (χ3n) is 17.7. The Kier molecular flexibility index (Phi) is 66.5. The van der Waals surface area contributed by atoms with Crippen molar-refractivity contribution in [2.24, 2.45) is 11.8 Å². The Hall–Kier alpha value is -1.94. The lowest BCUT2D eigenvalue weighted by Crippen LogP contribution is -2.30. The molecule has 2 unspecified atom stereocenters. The average molecular weight is 1400 g/mol. The molecule has 564 valence electrons. The van der Waals surface area contributed by atoms with Gasteiger partial charge >= 0.3 is 39.5 Å². The zero-order valence-corrected chi connectivity index (χ0v) is 63.8. The zero-order chi connectivity index (χ0) is 70.0. The summed E-state index contributed by atoms with van der Waals surface area (Å²) in [5.74, 6) is -0.530. The molecule has 0 radical (unpaired) electrons. The van der Waals surface area contributed by atoms with Crippen molar-refractivity contribution in [3.8, 4) is 0 Å². The Morgan fingerprint density at radius 2 is 0.484 bits per heavy atom. The van der Waals surface area contributed by atoms with Gasteiger partial charge in [0.1, 0.15) is 19.3 Å². The van der Waals surface area contributed by atoms with Gasteiger partial charge in [-0.25, -0.2) is 9.13 Å². The van der Waals surface area contributed by atoms with E-state index in [1.54, 1.807) is 0 Å². The predicted molar refractivity (Wildman–Crippen MR) is 386 cm³/mol. The number of unbranched alkanes of at least 4 members (excludes halogenated alkanes) is 45. The minimum absolute atomic E-state index is 0.108. The number of ether oxygens (including phenoxy) is 4. The van der Waals surface area contributed by atoms with Crippen LogP contribution in [0.1, 0.15) is 395 Å². The molecule has 0 heterocycles.